The first-order valence-corrected chi connectivity index (χ1v) is 10.9. The van der Waals surface area contributed by atoms with Crippen molar-refractivity contribution in [1.29, 1.82) is 0 Å². The Morgan fingerprint density at radius 3 is 1.31 bits per heavy atom. The van der Waals surface area contributed by atoms with E-state index in [1.165, 1.54) is 51.4 Å². The molecule has 0 heteroatoms. The summed E-state index contributed by atoms with van der Waals surface area (Å²) in [6.45, 7) is 9.49. The summed E-state index contributed by atoms with van der Waals surface area (Å²) >= 11 is 0. The number of hydrogen-bond acceptors (Lipinski definition) is 0. The van der Waals surface area contributed by atoms with E-state index in [1.54, 1.807) is 44.5 Å². The molecule has 0 saturated carbocycles. The van der Waals surface area contributed by atoms with Crippen LogP contribution in [0.1, 0.15) is 98.6 Å². The molecular weight excluding hydrogens is 312 g/mol. The lowest BCUT2D eigenvalue weighted by atomic mass is 9.74. The smallest absolute Gasteiger partial charge is 0.0109 e. The van der Waals surface area contributed by atoms with Gasteiger partial charge in [0.1, 0.15) is 0 Å². The summed E-state index contributed by atoms with van der Waals surface area (Å²) in [5.41, 5.74) is 13.0. The average Bonchev–Trinajstić information content (AvgIpc) is 2.66. The Kier molecular flexibility index (Phi) is 4.95. The largest absolute Gasteiger partial charge is 0.0587 e. The fourth-order valence-electron chi connectivity index (χ4n) is 5.24. The fraction of sp³-hybridized carbons (Fsp3) is 0.538. The molecule has 0 nitrogen and oxygen atoms in total. The minimum absolute atomic E-state index is 0.580. The molecular formula is C26H34. The summed E-state index contributed by atoms with van der Waals surface area (Å²) < 4.78 is 0. The maximum atomic E-state index is 2.45. The molecule has 0 N–H and O–H groups in total. The van der Waals surface area contributed by atoms with Gasteiger partial charge in [-0.3, -0.25) is 0 Å². The molecule has 0 fully saturated rings. The molecule has 0 bridgehead atoms. The van der Waals surface area contributed by atoms with Crippen LogP contribution in [0.5, 0.6) is 0 Å². The van der Waals surface area contributed by atoms with Crippen molar-refractivity contribution < 1.29 is 0 Å². The Morgan fingerprint density at radius 2 is 0.923 bits per heavy atom. The Hall–Kier alpha value is -1.56. The van der Waals surface area contributed by atoms with Crippen LogP contribution in [0.4, 0.5) is 0 Å². The lowest BCUT2D eigenvalue weighted by molar-refractivity contribution is 0.677. The van der Waals surface area contributed by atoms with Gasteiger partial charge in [0.15, 0.2) is 0 Å². The van der Waals surface area contributed by atoms with E-state index >= 15 is 0 Å². The Morgan fingerprint density at radius 1 is 0.538 bits per heavy atom. The van der Waals surface area contributed by atoms with Crippen molar-refractivity contribution in [2.24, 2.45) is 0 Å². The first-order chi connectivity index (χ1) is 12.6. The zero-order valence-corrected chi connectivity index (χ0v) is 17.1. The van der Waals surface area contributed by atoms with E-state index in [-0.39, 0.29) is 0 Å². The van der Waals surface area contributed by atoms with E-state index in [9.17, 15) is 0 Å². The van der Waals surface area contributed by atoms with Crippen LogP contribution in [-0.4, -0.2) is 0 Å². The highest BCUT2D eigenvalue weighted by molar-refractivity contribution is 5.80. The van der Waals surface area contributed by atoms with Gasteiger partial charge in [-0.2, -0.15) is 0 Å². The second kappa shape index (κ2) is 7.22. The predicted octanol–water partition coefficient (Wildman–Crippen LogP) is 7.36. The molecule has 2 aliphatic rings. The van der Waals surface area contributed by atoms with Crippen molar-refractivity contribution >= 4 is 0 Å². The van der Waals surface area contributed by atoms with Gasteiger partial charge in [-0.1, -0.05) is 52.0 Å². The number of fused-ring (bicyclic) bond motifs is 2. The first kappa shape index (κ1) is 17.8. The number of benzene rings is 2. The summed E-state index contributed by atoms with van der Waals surface area (Å²) in [5.74, 6) is 1.16. The molecule has 0 amide bonds. The van der Waals surface area contributed by atoms with Crippen LogP contribution in [-0.2, 0) is 25.7 Å². The summed E-state index contributed by atoms with van der Waals surface area (Å²) in [6.07, 6.45) is 10.5. The van der Waals surface area contributed by atoms with Crippen LogP contribution >= 0.6 is 0 Å². The molecule has 0 heterocycles. The zero-order valence-electron chi connectivity index (χ0n) is 17.1. The van der Waals surface area contributed by atoms with Crippen molar-refractivity contribution in [3.63, 3.8) is 0 Å². The predicted molar refractivity (Wildman–Crippen MR) is 113 cm³/mol. The van der Waals surface area contributed by atoms with Crippen molar-refractivity contribution in [1.82, 2.24) is 0 Å². The average molecular weight is 347 g/mol. The third-order valence-electron chi connectivity index (χ3n) is 6.62. The van der Waals surface area contributed by atoms with Crippen molar-refractivity contribution in [3.8, 4) is 11.1 Å². The molecule has 0 radical (unpaired) electrons. The number of rotatable bonds is 3. The van der Waals surface area contributed by atoms with E-state index in [0.29, 0.717) is 11.8 Å². The van der Waals surface area contributed by atoms with Crippen LogP contribution in [0.3, 0.4) is 0 Å². The highest BCUT2D eigenvalue weighted by Gasteiger charge is 2.26. The summed E-state index contributed by atoms with van der Waals surface area (Å²) in [7, 11) is 0. The van der Waals surface area contributed by atoms with Gasteiger partial charge in [0.05, 0.1) is 0 Å². The van der Waals surface area contributed by atoms with Gasteiger partial charge in [0, 0.05) is 0 Å². The summed E-state index contributed by atoms with van der Waals surface area (Å²) in [5, 5.41) is 0. The fourth-order valence-corrected chi connectivity index (χ4v) is 5.24. The Labute approximate surface area is 160 Å². The first-order valence-electron chi connectivity index (χ1n) is 10.9. The summed E-state index contributed by atoms with van der Waals surface area (Å²) in [4.78, 5) is 0. The molecule has 0 unspecified atom stereocenters. The van der Waals surface area contributed by atoms with Crippen LogP contribution in [0, 0.1) is 0 Å². The molecule has 26 heavy (non-hydrogen) atoms. The van der Waals surface area contributed by atoms with Gasteiger partial charge in [-0.05, 0) is 108 Å². The number of hydrogen-bond donors (Lipinski definition) is 0. The molecule has 0 aromatic heterocycles. The van der Waals surface area contributed by atoms with Crippen molar-refractivity contribution in [3.05, 3.63) is 57.6 Å². The molecule has 0 saturated heterocycles. The van der Waals surface area contributed by atoms with Crippen molar-refractivity contribution in [2.45, 2.75) is 90.9 Å². The Balaban J connectivity index is 2.06. The lowest BCUT2D eigenvalue weighted by Gasteiger charge is -2.30. The van der Waals surface area contributed by atoms with E-state index in [2.05, 4.69) is 52.0 Å². The molecule has 138 valence electrons. The van der Waals surface area contributed by atoms with Gasteiger partial charge in [0.25, 0.3) is 0 Å². The topological polar surface area (TPSA) is 0 Å². The minimum atomic E-state index is 0.580. The van der Waals surface area contributed by atoms with Gasteiger partial charge >= 0.3 is 0 Å². The molecule has 4 rings (SSSR count). The third-order valence-corrected chi connectivity index (χ3v) is 6.62. The maximum Gasteiger partial charge on any atom is -0.0109 e. The molecule has 0 spiro atoms. The monoisotopic (exact) mass is 346 g/mol. The third kappa shape index (κ3) is 3.02. The van der Waals surface area contributed by atoms with Crippen LogP contribution < -0.4 is 0 Å². The normalized spacial score (nSPS) is 16.7. The second-order valence-corrected chi connectivity index (χ2v) is 9.06. The van der Waals surface area contributed by atoms with Crippen LogP contribution in [0.15, 0.2) is 24.3 Å². The molecule has 2 aromatic carbocycles. The van der Waals surface area contributed by atoms with Crippen LogP contribution in [0.25, 0.3) is 11.1 Å². The minimum Gasteiger partial charge on any atom is -0.0587 e. The SMILES string of the molecule is CC(C)c1ccc2c(c1-c1c(C(C)C)ccc3c1CCCC3)CCCC2. The molecule has 0 atom stereocenters. The molecule has 2 aromatic rings. The highest BCUT2D eigenvalue weighted by Crippen LogP contribution is 2.44. The molecule has 0 aliphatic heterocycles. The molecule has 2 aliphatic carbocycles. The van der Waals surface area contributed by atoms with Crippen LogP contribution in [0.2, 0.25) is 0 Å². The van der Waals surface area contributed by atoms with E-state index in [4.69, 9.17) is 0 Å². The van der Waals surface area contributed by atoms with E-state index in [1.807, 2.05) is 0 Å². The Bertz CT molecular complexity index is 738. The second-order valence-electron chi connectivity index (χ2n) is 9.06. The van der Waals surface area contributed by atoms with Gasteiger partial charge in [-0.25, -0.2) is 0 Å². The van der Waals surface area contributed by atoms with Gasteiger partial charge < -0.3 is 0 Å². The van der Waals surface area contributed by atoms with E-state index in [0.717, 1.165) is 0 Å². The standard InChI is InChI=1S/C26H34/c1-17(2)21-15-13-19-9-5-7-11-23(19)25(21)26-22(18(3)4)16-14-20-10-6-8-12-24(20)26/h13-18H,5-12H2,1-4H3. The quantitative estimate of drug-likeness (QED) is 0.544. The zero-order chi connectivity index (χ0) is 18.3. The number of aryl methyl sites for hydroxylation is 2. The van der Waals surface area contributed by atoms with Crippen molar-refractivity contribution in [2.75, 3.05) is 0 Å². The highest BCUT2D eigenvalue weighted by atomic mass is 14.3. The maximum absolute atomic E-state index is 2.45. The van der Waals surface area contributed by atoms with E-state index < -0.39 is 0 Å². The van der Waals surface area contributed by atoms with Gasteiger partial charge in [-0.15, -0.1) is 0 Å². The lowest BCUT2D eigenvalue weighted by Crippen LogP contribution is -2.13. The van der Waals surface area contributed by atoms with Gasteiger partial charge in [0.2, 0.25) is 0 Å². The summed E-state index contributed by atoms with van der Waals surface area (Å²) in [6, 6.07) is 9.79.